The maximum atomic E-state index is 12.4. The molecule has 6 nitrogen and oxygen atoms in total. The van der Waals surface area contributed by atoms with E-state index in [2.05, 4.69) is 20.9 Å². The van der Waals surface area contributed by atoms with Crippen molar-refractivity contribution in [2.45, 2.75) is 11.5 Å². The number of nitrogens with one attached hydrogen (secondary N) is 1. The molecule has 0 amide bonds. The molecule has 3 aromatic rings. The fourth-order valence-electron chi connectivity index (χ4n) is 2.48. The van der Waals surface area contributed by atoms with Gasteiger partial charge in [-0.15, -0.1) is 0 Å². The number of hydrogen-bond acceptors (Lipinski definition) is 4. The van der Waals surface area contributed by atoms with Gasteiger partial charge in [-0.2, -0.15) is 0 Å². The molecular weight excluding hydrogens is 420 g/mol. The van der Waals surface area contributed by atoms with Crippen molar-refractivity contribution in [2.24, 2.45) is 0 Å². The summed E-state index contributed by atoms with van der Waals surface area (Å²) in [5.74, 6) is -0.519. The number of para-hydroxylation sites is 1. The number of benzene rings is 2. The summed E-state index contributed by atoms with van der Waals surface area (Å²) < 4.78 is 31.5. The lowest BCUT2D eigenvalue weighted by atomic mass is 10.2. The molecule has 0 spiro atoms. The summed E-state index contributed by atoms with van der Waals surface area (Å²) in [6.07, 6.45) is 0. The number of carbonyl (C=O) groups excluding carboxylic acids is 1. The standard InChI is InChI=1S/C18H17BrN2O4S/c1-21(2)26(23,24)13-7-5-6-12(10-13)11-25-18(22)17-16(19)14-8-3-4-9-15(14)20-17/h3-10,20H,11H2,1-2H3. The second-order valence-electron chi connectivity index (χ2n) is 5.87. The van der Waals surface area contributed by atoms with E-state index in [4.69, 9.17) is 4.74 Å². The number of fused-ring (bicyclic) bond motifs is 1. The first-order valence-electron chi connectivity index (χ1n) is 7.75. The lowest BCUT2D eigenvalue weighted by Gasteiger charge is -2.12. The summed E-state index contributed by atoms with van der Waals surface area (Å²) in [4.78, 5) is 15.6. The van der Waals surface area contributed by atoms with Gasteiger partial charge < -0.3 is 9.72 Å². The summed E-state index contributed by atoms with van der Waals surface area (Å²) in [7, 11) is -0.600. The van der Waals surface area contributed by atoms with Crippen LogP contribution in [-0.4, -0.2) is 37.8 Å². The number of aromatic nitrogens is 1. The topological polar surface area (TPSA) is 79.5 Å². The number of carbonyl (C=O) groups is 1. The third-order valence-corrected chi connectivity index (χ3v) is 6.53. The fraction of sp³-hybridized carbons (Fsp3) is 0.167. The molecule has 0 atom stereocenters. The smallest absolute Gasteiger partial charge is 0.356 e. The van der Waals surface area contributed by atoms with E-state index in [-0.39, 0.29) is 11.5 Å². The first-order chi connectivity index (χ1) is 12.3. The molecule has 1 aromatic heterocycles. The second kappa shape index (κ2) is 7.22. The van der Waals surface area contributed by atoms with Gasteiger partial charge in [0, 0.05) is 25.0 Å². The molecule has 3 rings (SSSR count). The highest BCUT2D eigenvalue weighted by molar-refractivity contribution is 9.10. The average Bonchev–Trinajstić information content (AvgIpc) is 2.97. The van der Waals surface area contributed by atoms with Crippen LogP contribution in [0, 0.1) is 0 Å². The maximum Gasteiger partial charge on any atom is 0.356 e. The molecular formula is C18H17BrN2O4S. The molecule has 1 heterocycles. The van der Waals surface area contributed by atoms with Gasteiger partial charge in [-0.05, 0) is 39.7 Å². The number of rotatable bonds is 5. The van der Waals surface area contributed by atoms with Gasteiger partial charge in [-0.25, -0.2) is 17.5 Å². The van der Waals surface area contributed by atoms with Crippen molar-refractivity contribution in [1.82, 2.24) is 9.29 Å². The van der Waals surface area contributed by atoms with E-state index in [0.717, 1.165) is 15.2 Å². The highest BCUT2D eigenvalue weighted by Gasteiger charge is 2.19. The van der Waals surface area contributed by atoms with E-state index in [1.165, 1.54) is 26.2 Å². The fourth-order valence-corrected chi connectivity index (χ4v) is 4.06. The molecule has 136 valence electrons. The Bertz CT molecular complexity index is 1070. The second-order valence-corrected chi connectivity index (χ2v) is 8.82. The monoisotopic (exact) mass is 436 g/mol. The number of ether oxygens (including phenoxy) is 1. The van der Waals surface area contributed by atoms with Crippen LogP contribution in [0.1, 0.15) is 16.1 Å². The summed E-state index contributed by atoms with van der Waals surface area (Å²) in [5.41, 5.74) is 1.74. The minimum Gasteiger partial charge on any atom is -0.456 e. The Morgan fingerprint density at radius 3 is 2.58 bits per heavy atom. The van der Waals surface area contributed by atoms with Crippen LogP contribution in [0.5, 0.6) is 0 Å². The Hall–Kier alpha value is -2.16. The molecule has 0 saturated carbocycles. The van der Waals surface area contributed by atoms with Gasteiger partial charge in [0.05, 0.1) is 9.37 Å². The van der Waals surface area contributed by atoms with E-state index in [0.29, 0.717) is 15.7 Å². The minimum absolute atomic E-state index is 0.0303. The van der Waals surface area contributed by atoms with E-state index in [1.54, 1.807) is 12.1 Å². The summed E-state index contributed by atoms with van der Waals surface area (Å²) in [6.45, 7) is -0.0303. The van der Waals surface area contributed by atoms with Crippen molar-refractivity contribution in [3.8, 4) is 0 Å². The van der Waals surface area contributed by atoms with Crippen molar-refractivity contribution >= 4 is 42.8 Å². The summed E-state index contributed by atoms with van der Waals surface area (Å²) in [6, 6.07) is 13.9. The first kappa shape index (κ1) is 18.6. The first-order valence-corrected chi connectivity index (χ1v) is 9.99. The van der Waals surface area contributed by atoms with Crippen molar-refractivity contribution in [1.29, 1.82) is 0 Å². The molecule has 8 heteroatoms. The maximum absolute atomic E-state index is 12.4. The number of esters is 1. The Kier molecular flexibility index (Phi) is 5.17. The third-order valence-electron chi connectivity index (χ3n) is 3.89. The van der Waals surface area contributed by atoms with Gasteiger partial charge >= 0.3 is 5.97 Å². The van der Waals surface area contributed by atoms with Gasteiger partial charge in [0.15, 0.2) is 0 Å². The average molecular weight is 437 g/mol. The SMILES string of the molecule is CN(C)S(=O)(=O)c1cccc(COC(=O)c2[nH]c3ccccc3c2Br)c1. The van der Waals surface area contributed by atoms with Gasteiger partial charge in [0.2, 0.25) is 10.0 Å². The summed E-state index contributed by atoms with van der Waals surface area (Å²) >= 11 is 3.42. The molecule has 0 aliphatic carbocycles. The van der Waals surface area contributed by atoms with Crippen molar-refractivity contribution < 1.29 is 17.9 Å². The normalized spacial score (nSPS) is 11.8. The van der Waals surface area contributed by atoms with Crippen molar-refractivity contribution in [3.63, 3.8) is 0 Å². The number of sulfonamides is 1. The van der Waals surface area contributed by atoms with Gasteiger partial charge in [-0.1, -0.05) is 30.3 Å². The number of aromatic amines is 1. The predicted molar refractivity (Wildman–Crippen MR) is 102 cm³/mol. The van der Waals surface area contributed by atoms with Crippen molar-refractivity contribution in [3.05, 3.63) is 64.3 Å². The number of H-pyrrole nitrogens is 1. The molecule has 0 aliphatic rings. The highest BCUT2D eigenvalue weighted by Crippen LogP contribution is 2.28. The Balaban J connectivity index is 1.78. The van der Waals surface area contributed by atoms with Crippen LogP contribution < -0.4 is 0 Å². The van der Waals surface area contributed by atoms with Gasteiger partial charge in [0.25, 0.3) is 0 Å². The molecule has 0 saturated heterocycles. The highest BCUT2D eigenvalue weighted by atomic mass is 79.9. The molecule has 1 N–H and O–H groups in total. The molecule has 2 aromatic carbocycles. The molecule has 0 aliphatic heterocycles. The Morgan fingerprint density at radius 2 is 1.88 bits per heavy atom. The van der Waals surface area contributed by atoms with Gasteiger partial charge in [0.1, 0.15) is 12.3 Å². The van der Waals surface area contributed by atoms with Crippen LogP contribution in [0.3, 0.4) is 0 Å². The van der Waals surface area contributed by atoms with Crippen LogP contribution in [0.2, 0.25) is 0 Å². The van der Waals surface area contributed by atoms with Crippen LogP contribution >= 0.6 is 15.9 Å². The van der Waals surface area contributed by atoms with Crippen LogP contribution in [0.25, 0.3) is 10.9 Å². The van der Waals surface area contributed by atoms with E-state index >= 15 is 0 Å². The predicted octanol–water partition coefficient (Wildman–Crippen LogP) is 3.54. The van der Waals surface area contributed by atoms with Gasteiger partial charge in [-0.3, -0.25) is 0 Å². The van der Waals surface area contributed by atoms with E-state index in [1.807, 2.05) is 24.3 Å². The number of nitrogens with zero attached hydrogens (tertiary/aromatic N) is 1. The van der Waals surface area contributed by atoms with Crippen LogP contribution in [0.15, 0.2) is 57.9 Å². The summed E-state index contributed by atoms with van der Waals surface area (Å²) in [5, 5.41) is 0.888. The third kappa shape index (κ3) is 3.53. The lowest BCUT2D eigenvalue weighted by molar-refractivity contribution is 0.0465. The minimum atomic E-state index is -3.53. The Labute approximate surface area is 160 Å². The molecule has 26 heavy (non-hydrogen) atoms. The molecule has 0 radical (unpaired) electrons. The van der Waals surface area contributed by atoms with Crippen molar-refractivity contribution in [2.75, 3.05) is 14.1 Å². The molecule has 0 bridgehead atoms. The lowest BCUT2D eigenvalue weighted by Crippen LogP contribution is -2.22. The molecule has 0 unspecified atom stereocenters. The largest absolute Gasteiger partial charge is 0.456 e. The van der Waals surface area contributed by atoms with E-state index < -0.39 is 16.0 Å². The Morgan fingerprint density at radius 1 is 1.15 bits per heavy atom. The zero-order valence-electron chi connectivity index (χ0n) is 14.2. The zero-order chi connectivity index (χ0) is 18.9. The zero-order valence-corrected chi connectivity index (χ0v) is 16.6. The number of hydrogen-bond donors (Lipinski definition) is 1. The number of halogens is 1. The van der Waals surface area contributed by atoms with Crippen LogP contribution in [-0.2, 0) is 21.4 Å². The van der Waals surface area contributed by atoms with E-state index in [9.17, 15) is 13.2 Å². The molecule has 0 fully saturated rings. The quantitative estimate of drug-likeness (QED) is 0.620. The van der Waals surface area contributed by atoms with Crippen LogP contribution in [0.4, 0.5) is 0 Å².